The fraction of sp³-hybridized carbons (Fsp3) is 0.455. The molecule has 0 aliphatic rings. The third kappa shape index (κ3) is 2.87. The van der Waals surface area contributed by atoms with Crippen molar-refractivity contribution in [3.05, 3.63) is 27.2 Å². The van der Waals surface area contributed by atoms with Crippen molar-refractivity contribution in [2.45, 2.75) is 12.7 Å². The summed E-state index contributed by atoms with van der Waals surface area (Å²) in [5.74, 6) is -0.924. The van der Waals surface area contributed by atoms with Crippen LogP contribution in [-0.2, 0) is 25.4 Å². The van der Waals surface area contributed by atoms with Gasteiger partial charge in [0.2, 0.25) is 5.91 Å². The van der Waals surface area contributed by atoms with Crippen LogP contribution in [0.4, 0.5) is 13.2 Å². The number of halogens is 3. The SMILES string of the molecule is Cn1c(=O)c2c(ncn2CC(=O)NCC(F)(F)F)n(C)c1=O. The van der Waals surface area contributed by atoms with E-state index in [4.69, 9.17) is 0 Å². The number of nitrogens with one attached hydrogen (secondary N) is 1. The fourth-order valence-corrected chi connectivity index (χ4v) is 1.93. The van der Waals surface area contributed by atoms with Crippen LogP contribution < -0.4 is 16.6 Å². The van der Waals surface area contributed by atoms with Gasteiger partial charge in [0.15, 0.2) is 11.2 Å². The Morgan fingerprint density at radius 1 is 1.27 bits per heavy atom. The average Bonchev–Trinajstić information content (AvgIpc) is 2.83. The van der Waals surface area contributed by atoms with Crippen molar-refractivity contribution in [2.75, 3.05) is 6.54 Å². The normalized spacial score (nSPS) is 11.9. The second-order valence-corrected chi connectivity index (χ2v) is 4.64. The molecule has 1 amide bonds. The first-order chi connectivity index (χ1) is 10.1. The lowest BCUT2D eigenvalue weighted by atomic mass is 10.4. The predicted molar refractivity (Wildman–Crippen MR) is 69.3 cm³/mol. The Hall–Kier alpha value is -2.59. The van der Waals surface area contributed by atoms with Gasteiger partial charge in [-0.2, -0.15) is 13.2 Å². The van der Waals surface area contributed by atoms with Gasteiger partial charge in [0.25, 0.3) is 5.56 Å². The number of carbonyl (C=O) groups excluding carboxylic acids is 1. The zero-order valence-electron chi connectivity index (χ0n) is 11.6. The van der Waals surface area contributed by atoms with E-state index in [1.807, 2.05) is 0 Å². The molecule has 11 heteroatoms. The van der Waals surface area contributed by atoms with E-state index in [-0.39, 0.29) is 11.2 Å². The largest absolute Gasteiger partial charge is 0.405 e. The van der Waals surface area contributed by atoms with E-state index in [0.29, 0.717) is 0 Å². The van der Waals surface area contributed by atoms with E-state index in [1.54, 1.807) is 5.32 Å². The molecular formula is C11H12F3N5O3. The second kappa shape index (κ2) is 5.31. The van der Waals surface area contributed by atoms with Gasteiger partial charge >= 0.3 is 11.9 Å². The number of nitrogens with zero attached hydrogens (tertiary/aromatic N) is 4. The summed E-state index contributed by atoms with van der Waals surface area (Å²) >= 11 is 0. The van der Waals surface area contributed by atoms with E-state index in [2.05, 4.69) is 4.98 Å². The molecule has 0 saturated heterocycles. The number of carbonyl (C=O) groups is 1. The summed E-state index contributed by atoms with van der Waals surface area (Å²) in [6.07, 6.45) is -3.40. The van der Waals surface area contributed by atoms with Crippen molar-refractivity contribution >= 4 is 17.1 Å². The highest BCUT2D eigenvalue weighted by atomic mass is 19.4. The number of amides is 1. The van der Waals surface area contributed by atoms with Gasteiger partial charge in [-0.05, 0) is 0 Å². The number of aryl methyl sites for hydroxylation is 1. The monoisotopic (exact) mass is 319 g/mol. The Balaban J connectivity index is 2.36. The number of hydrogen-bond donors (Lipinski definition) is 1. The van der Waals surface area contributed by atoms with Gasteiger partial charge in [0.05, 0.1) is 6.33 Å². The molecule has 1 N–H and O–H groups in total. The van der Waals surface area contributed by atoms with Gasteiger partial charge in [-0.1, -0.05) is 0 Å². The smallest absolute Gasteiger partial charge is 0.345 e. The number of hydrogen-bond acceptors (Lipinski definition) is 4. The van der Waals surface area contributed by atoms with E-state index >= 15 is 0 Å². The van der Waals surface area contributed by atoms with E-state index < -0.39 is 36.4 Å². The Morgan fingerprint density at radius 2 is 1.91 bits per heavy atom. The van der Waals surface area contributed by atoms with Gasteiger partial charge in [-0.15, -0.1) is 0 Å². The molecule has 2 aromatic heterocycles. The molecular weight excluding hydrogens is 307 g/mol. The van der Waals surface area contributed by atoms with Gasteiger partial charge in [-0.3, -0.25) is 18.7 Å². The summed E-state index contributed by atoms with van der Waals surface area (Å²) in [6, 6.07) is 0. The second-order valence-electron chi connectivity index (χ2n) is 4.64. The molecule has 0 fully saturated rings. The van der Waals surface area contributed by atoms with E-state index in [9.17, 15) is 27.6 Å². The zero-order valence-corrected chi connectivity index (χ0v) is 11.6. The molecule has 0 bridgehead atoms. The third-order valence-corrected chi connectivity index (χ3v) is 3.02. The topological polar surface area (TPSA) is 90.9 Å². The van der Waals surface area contributed by atoms with Crippen LogP contribution in [-0.4, -0.2) is 37.3 Å². The van der Waals surface area contributed by atoms with Crippen LogP contribution in [0.3, 0.4) is 0 Å². The van der Waals surface area contributed by atoms with Crippen molar-refractivity contribution in [2.24, 2.45) is 14.1 Å². The quantitative estimate of drug-likeness (QED) is 0.795. The Labute approximate surface area is 120 Å². The van der Waals surface area contributed by atoms with Crippen molar-refractivity contribution in [3.63, 3.8) is 0 Å². The van der Waals surface area contributed by atoms with Crippen molar-refractivity contribution < 1.29 is 18.0 Å². The summed E-state index contributed by atoms with van der Waals surface area (Å²) in [5, 5.41) is 1.70. The maximum Gasteiger partial charge on any atom is 0.405 e. The molecule has 0 aromatic carbocycles. The van der Waals surface area contributed by atoms with E-state index in [1.165, 1.54) is 14.1 Å². The first-order valence-electron chi connectivity index (χ1n) is 6.06. The maximum absolute atomic E-state index is 12.1. The molecule has 0 radical (unpaired) electrons. The number of imidazole rings is 1. The van der Waals surface area contributed by atoms with Crippen molar-refractivity contribution in [1.29, 1.82) is 0 Å². The minimum atomic E-state index is -4.52. The summed E-state index contributed by atoms with van der Waals surface area (Å²) in [4.78, 5) is 39.1. The van der Waals surface area contributed by atoms with Crippen LogP contribution >= 0.6 is 0 Å². The first kappa shape index (κ1) is 15.8. The van der Waals surface area contributed by atoms with Crippen LogP contribution in [0.5, 0.6) is 0 Å². The number of fused-ring (bicyclic) bond motifs is 1. The summed E-state index contributed by atoms with van der Waals surface area (Å²) < 4.78 is 39.2. The van der Waals surface area contributed by atoms with E-state index in [0.717, 1.165) is 20.0 Å². The van der Waals surface area contributed by atoms with Crippen LogP contribution in [0.1, 0.15) is 0 Å². The predicted octanol–water partition coefficient (Wildman–Crippen LogP) is -0.888. The zero-order chi connectivity index (χ0) is 16.7. The minimum Gasteiger partial charge on any atom is -0.345 e. The molecule has 0 atom stereocenters. The first-order valence-corrected chi connectivity index (χ1v) is 6.06. The lowest BCUT2D eigenvalue weighted by Crippen LogP contribution is -2.39. The highest BCUT2D eigenvalue weighted by Gasteiger charge is 2.27. The maximum atomic E-state index is 12.1. The lowest BCUT2D eigenvalue weighted by molar-refractivity contribution is -0.138. The standard InChI is InChI=1S/C11H12F3N5O3/c1-17-8-7(9(21)18(2)10(17)22)19(5-16-8)3-6(20)15-4-11(12,13)14/h5H,3-4H2,1-2H3,(H,15,20). The fourth-order valence-electron chi connectivity index (χ4n) is 1.93. The Morgan fingerprint density at radius 3 is 2.50 bits per heavy atom. The van der Waals surface area contributed by atoms with Crippen LogP contribution in [0.25, 0.3) is 11.2 Å². The van der Waals surface area contributed by atoms with Gasteiger partial charge in [-0.25, -0.2) is 9.78 Å². The molecule has 8 nitrogen and oxygen atoms in total. The van der Waals surface area contributed by atoms with Gasteiger partial charge in [0, 0.05) is 14.1 Å². The van der Waals surface area contributed by atoms with Crippen LogP contribution in [0, 0.1) is 0 Å². The molecule has 0 spiro atoms. The number of aromatic nitrogens is 4. The van der Waals surface area contributed by atoms with Crippen molar-refractivity contribution in [1.82, 2.24) is 24.0 Å². The number of rotatable bonds is 3. The Bertz CT molecular complexity index is 845. The summed E-state index contributed by atoms with van der Waals surface area (Å²) in [5.41, 5.74) is -1.26. The molecule has 22 heavy (non-hydrogen) atoms. The Kier molecular flexibility index (Phi) is 3.81. The number of alkyl halides is 3. The molecule has 2 rings (SSSR count). The van der Waals surface area contributed by atoms with Gasteiger partial charge in [0.1, 0.15) is 13.1 Å². The molecule has 2 heterocycles. The lowest BCUT2D eigenvalue weighted by Gasteiger charge is -2.09. The highest BCUT2D eigenvalue weighted by molar-refractivity contribution is 5.78. The molecule has 0 aliphatic heterocycles. The molecule has 0 saturated carbocycles. The van der Waals surface area contributed by atoms with Crippen LogP contribution in [0.15, 0.2) is 15.9 Å². The van der Waals surface area contributed by atoms with Crippen LogP contribution in [0.2, 0.25) is 0 Å². The van der Waals surface area contributed by atoms with Crippen molar-refractivity contribution in [3.8, 4) is 0 Å². The highest BCUT2D eigenvalue weighted by Crippen LogP contribution is 2.12. The molecule has 120 valence electrons. The molecule has 0 unspecified atom stereocenters. The third-order valence-electron chi connectivity index (χ3n) is 3.02. The molecule has 0 aliphatic carbocycles. The average molecular weight is 319 g/mol. The molecule has 2 aromatic rings. The summed E-state index contributed by atoms with van der Waals surface area (Å²) in [7, 11) is 2.65. The summed E-state index contributed by atoms with van der Waals surface area (Å²) in [6.45, 7) is -1.98. The van der Waals surface area contributed by atoms with Gasteiger partial charge < -0.3 is 9.88 Å². The minimum absolute atomic E-state index is 0.0354.